The van der Waals surface area contributed by atoms with E-state index < -0.39 is 0 Å². The second-order valence-corrected chi connectivity index (χ2v) is 6.23. The minimum Gasteiger partial charge on any atom is -0.370 e. The molecule has 0 unspecified atom stereocenters. The van der Waals surface area contributed by atoms with Gasteiger partial charge in [0, 0.05) is 29.1 Å². The molecule has 2 aromatic carbocycles. The molecule has 2 rings (SSSR count). The highest BCUT2D eigenvalue weighted by atomic mass is 79.9. The third kappa shape index (κ3) is 3.83. The normalized spacial score (nSPS) is 10.5. The second-order valence-electron chi connectivity index (χ2n) is 4.75. The number of hydrogen-bond acceptors (Lipinski definition) is 1. The van der Waals surface area contributed by atoms with Crippen LogP contribution in [0.3, 0.4) is 0 Å². The molecule has 0 amide bonds. The van der Waals surface area contributed by atoms with Crippen LogP contribution in [0, 0.1) is 6.92 Å². The lowest BCUT2D eigenvalue weighted by atomic mass is 10.1. The quantitative estimate of drug-likeness (QED) is 0.649. The molecule has 2 aromatic rings. The first-order chi connectivity index (χ1) is 9.10. The molecule has 0 aliphatic carbocycles. The van der Waals surface area contributed by atoms with Crippen molar-refractivity contribution in [2.75, 3.05) is 11.9 Å². The molecule has 0 heterocycles. The van der Waals surface area contributed by atoms with E-state index in [4.69, 9.17) is 0 Å². The minimum absolute atomic E-state index is 0.861. The number of aryl methyl sites for hydroxylation is 1. The Kier molecular flexibility index (Phi) is 5.06. The van der Waals surface area contributed by atoms with Gasteiger partial charge in [0.1, 0.15) is 0 Å². The van der Waals surface area contributed by atoms with Crippen LogP contribution in [-0.2, 0) is 11.9 Å². The highest BCUT2D eigenvalue weighted by molar-refractivity contribution is 9.10. The monoisotopic (exact) mass is 381 g/mol. The molecule has 0 spiro atoms. The lowest BCUT2D eigenvalue weighted by Crippen LogP contribution is -2.17. The van der Waals surface area contributed by atoms with E-state index in [2.05, 4.69) is 93.2 Å². The standard InChI is InChI=1S/C16H17Br2N/c1-12-4-3-5-13(8-12)11-19(2)16-7-6-15(18)9-14(16)10-17/h3-9H,10-11H2,1-2H3. The van der Waals surface area contributed by atoms with Gasteiger partial charge >= 0.3 is 0 Å². The predicted octanol–water partition coefficient (Wildman–Crippen LogP) is 5.29. The Morgan fingerprint density at radius 1 is 1.11 bits per heavy atom. The van der Waals surface area contributed by atoms with Crippen LogP contribution in [0.15, 0.2) is 46.9 Å². The molecule has 0 saturated carbocycles. The topological polar surface area (TPSA) is 3.24 Å². The molecular weight excluding hydrogens is 366 g/mol. The average molecular weight is 383 g/mol. The highest BCUT2D eigenvalue weighted by Gasteiger charge is 2.08. The first-order valence-corrected chi connectivity index (χ1v) is 8.12. The first-order valence-electron chi connectivity index (χ1n) is 6.21. The summed E-state index contributed by atoms with van der Waals surface area (Å²) < 4.78 is 1.12. The van der Waals surface area contributed by atoms with E-state index in [0.29, 0.717) is 0 Å². The molecule has 1 nitrogen and oxygen atoms in total. The third-order valence-electron chi connectivity index (χ3n) is 3.10. The predicted molar refractivity (Wildman–Crippen MR) is 90.1 cm³/mol. The number of nitrogens with zero attached hydrogens (tertiary/aromatic N) is 1. The van der Waals surface area contributed by atoms with Crippen molar-refractivity contribution in [3.05, 3.63) is 63.6 Å². The zero-order valence-corrected chi connectivity index (χ0v) is 14.3. The number of anilines is 1. The van der Waals surface area contributed by atoms with Crippen LogP contribution < -0.4 is 4.90 Å². The Hall–Kier alpha value is -0.800. The van der Waals surface area contributed by atoms with Crippen LogP contribution in [-0.4, -0.2) is 7.05 Å². The van der Waals surface area contributed by atoms with E-state index in [-0.39, 0.29) is 0 Å². The van der Waals surface area contributed by atoms with Gasteiger partial charge in [-0.2, -0.15) is 0 Å². The fourth-order valence-corrected chi connectivity index (χ4v) is 3.06. The summed E-state index contributed by atoms with van der Waals surface area (Å²) in [5.41, 5.74) is 5.21. The molecule has 0 radical (unpaired) electrons. The van der Waals surface area contributed by atoms with Crippen molar-refractivity contribution < 1.29 is 0 Å². The summed E-state index contributed by atoms with van der Waals surface area (Å²) in [5, 5.41) is 0.861. The van der Waals surface area contributed by atoms with Gasteiger partial charge in [-0.05, 0) is 36.2 Å². The zero-order valence-electron chi connectivity index (χ0n) is 11.2. The van der Waals surface area contributed by atoms with Gasteiger partial charge in [0.15, 0.2) is 0 Å². The molecule has 0 aromatic heterocycles. The molecule has 0 saturated heterocycles. The van der Waals surface area contributed by atoms with E-state index in [1.165, 1.54) is 22.4 Å². The Bertz CT molecular complexity index is 566. The summed E-state index contributed by atoms with van der Waals surface area (Å²) >= 11 is 7.08. The molecule has 0 bridgehead atoms. The Labute approximate surface area is 131 Å². The Morgan fingerprint density at radius 3 is 2.58 bits per heavy atom. The van der Waals surface area contributed by atoms with E-state index in [1.807, 2.05) is 0 Å². The lowest BCUT2D eigenvalue weighted by Gasteiger charge is -2.22. The summed E-state index contributed by atoms with van der Waals surface area (Å²) in [4.78, 5) is 2.29. The summed E-state index contributed by atoms with van der Waals surface area (Å²) in [5.74, 6) is 0. The lowest BCUT2D eigenvalue weighted by molar-refractivity contribution is 0.915. The van der Waals surface area contributed by atoms with Gasteiger partial charge < -0.3 is 4.90 Å². The van der Waals surface area contributed by atoms with Crippen molar-refractivity contribution in [3.8, 4) is 0 Å². The van der Waals surface area contributed by atoms with Crippen molar-refractivity contribution in [1.29, 1.82) is 0 Å². The first kappa shape index (κ1) is 14.6. The summed E-state index contributed by atoms with van der Waals surface area (Å²) in [6, 6.07) is 15.1. The maximum Gasteiger partial charge on any atom is 0.0426 e. The van der Waals surface area contributed by atoms with Crippen LogP contribution >= 0.6 is 31.9 Å². The smallest absolute Gasteiger partial charge is 0.0426 e. The van der Waals surface area contributed by atoms with Gasteiger partial charge in [-0.3, -0.25) is 0 Å². The number of benzene rings is 2. The molecule has 0 atom stereocenters. The molecular formula is C16H17Br2N. The number of rotatable bonds is 4. The van der Waals surface area contributed by atoms with Gasteiger partial charge in [-0.25, -0.2) is 0 Å². The van der Waals surface area contributed by atoms with E-state index in [9.17, 15) is 0 Å². The van der Waals surface area contributed by atoms with Gasteiger partial charge in [0.05, 0.1) is 0 Å². The molecule has 0 N–H and O–H groups in total. The SMILES string of the molecule is Cc1cccc(CN(C)c2ccc(Br)cc2CBr)c1. The average Bonchev–Trinajstić information content (AvgIpc) is 2.38. The maximum atomic E-state index is 3.56. The van der Waals surface area contributed by atoms with E-state index in [1.54, 1.807) is 0 Å². The largest absolute Gasteiger partial charge is 0.370 e. The van der Waals surface area contributed by atoms with Crippen LogP contribution in [0.1, 0.15) is 16.7 Å². The maximum absolute atomic E-state index is 3.56. The molecule has 0 aliphatic rings. The summed E-state index contributed by atoms with van der Waals surface area (Å²) in [7, 11) is 2.14. The number of halogens is 2. The van der Waals surface area contributed by atoms with Crippen LogP contribution in [0.2, 0.25) is 0 Å². The van der Waals surface area contributed by atoms with Crippen molar-refractivity contribution in [3.63, 3.8) is 0 Å². The zero-order chi connectivity index (χ0) is 13.8. The van der Waals surface area contributed by atoms with Crippen molar-refractivity contribution >= 4 is 37.5 Å². The van der Waals surface area contributed by atoms with Gasteiger partial charge in [-0.1, -0.05) is 61.7 Å². The third-order valence-corrected chi connectivity index (χ3v) is 4.20. The fourth-order valence-electron chi connectivity index (χ4n) is 2.20. The minimum atomic E-state index is 0.861. The molecule has 100 valence electrons. The molecule has 19 heavy (non-hydrogen) atoms. The number of hydrogen-bond donors (Lipinski definition) is 0. The van der Waals surface area contributed by atoms with Crippen LogP contribution in [0.4, 0.5) is 5.69 Å². The highest BCUT2D eigenvalue weighted by Crippen LogP contribution is 2.27. The molecule has 0 fully saturated rings. The molecule has 0 aliphatic heterocycles. The summed E-state index contributed by atoms with van der Waals surface area (Å²) in [6.45, 7) is 3.05. The Balaban J connectivity index is 2.22. The van der Waals surface area contributed by atoms with Crippen LogP contribution in [0.25, 0.3) is 0 Å². The van der Waals surface area contributed by atoms with Crippen molar-refractivity contribution in [2.24, 2.45) is 0 Å². The fraction of sp³-hybridized carbons (Fsp3) is 0.250. The van der Waals surface area contributed by atoms with Gasteiger partial charge in [-0.15, -0.1) is 0 Å². The van der Waals surface area contributed by atoms with Crippen molar-refractivity contribution in [2.45, 2.75) is 18.8 Å². The van der Waals surface area contributed by atoms with Gasteiger partial charge in [0.2, 0.25) is 0 Å². The van der Waals surface area contributed by atoms with E-state index >= 15 is 0 Å². The van der Waals surface area contributed by atoms with Gasteiger partial charge in [0.25, 0.3) is 0 Å². The van der Waals surface area contributed by atoms with Crippen molar-refractivity contribution in [1.82, 2.24) is 0 Å². The second kappa shape index (κ2) is 6.58. The summed E-state index contributed by atoms with van der Waals surface area (Å²) in [6.07, 6.45) is 0. The molecule has 3 heteroatoms. The Morgan fingerprint density at radius 2 is 1.89 bits per heavy atom. The number of alkyl halides is 1. The van der Waals surface area contributed by atoms with Crippen LogP contribution in [0.5, 0.6) is 0 Å². The van der Waals surface area contributed by atoms with E-state index in [0.717, 1.165) is 16.3 Å².